The Kier molecular flexibility index (Phi) is 7.37. The maximum Gasteiger partial charge on any atom is 0.338 e. The molecule has 0 saturated heterocycles. The predicted molar refractivity (Wildman–Crippen MR) is 108 cm³/mol. The average Bonchev–Trinajstić information content (AvgIpc) is 2.73. The van der Waals surface area contributed by atoms with Crippen molar-refractivity contribution in [3.05, 3.63) is 54.1 Å². The SMILES string of the molecule is CNC(=O)NC(=O)C(C)OC(=O)c1ccc(S(=O)(=O)Nc2ccc(OC)cc2)cc1. The van der Waals surface area contributed by atoms with Crippen molar-refractivity contribution in [1.29, 1.82) is 0 Å². The van der Waals surface area contributed by atoms with Gasteiger partial charge in [0.1, 0.15) is 5.75 Å². The van der Waals surface area contributed by atoms with Crippen LogP contribution in [-0.4, -0.2) is 46.6 Å². The maximum absolute atomic E-state index is 12.5. The number of nitrogens with one attached hydrogen (secondary N) is 3. The number of benzene rings is 2. The minimum absolute atomic E-state index is 0.0398. The second-order valence-electron chi connectivity index (χ2n) is 5.97. The number of ether oxygens (including phenoxy) is 2. The van der Waals surface area contributed by atoms with Crippen molar-refractivity contribution in [2.75, 3.05) is 18.9 Å². The number of esters is 1. The van der Waals surface area contributed by atoms with Gasteiger partial charge in [0, 0.05) is 12.7 Å². The van der Waals surface area contributed by atoms with Gasteiger partial charge in [0.25, 0.3) is 15.9 Å². The highest BCUT2D eigenvalue weighted by molar-refractivity contribution is 7.92. The zero-order valence-electron chi connectivity index (χ0n) is 16.5. The van der Waals surface area contributed by atoms with E-state index in [1.807, 2.05) is 5.32 Å². The molecule has 160 valence electrons. The van der Waals surface area contributed by atoms with Crippen LogP contribution in [0.1, 0.15) is 17.3 Å². The number of hydrogen-bond acceptors (Lipinski definition) is 7. The molecule has 2 aromatic rings. The number of imide groups is 1. The van der Waals surface area contributed by atoms with Gasteiger partial charge in [-0.3, -0.25) is 14.8 Å². The van der Waals surface area contributed by atoms with Gasteiger partial charge in [-0.1, -0.05) is 0 Å². The van der Waals surface area contributed by atoms with E-state index in [0.717, 1.165) is 0 Å². The minimum atomic E-state index is -3.88. The molecule has 0 aliphatic carbocycles. The van der Waals surface area contributed by atoms with Crippen LogP contribution in [0.25, 0.3) is 0 Å². The molecule has 11 heteroatoms. The molecule has 30 heavy (non-hydrogen) atoms. The monoisotopic (exact) mass is 435 g/mol. The van der Waals surface area contributed by atoms with Crippen LogP contribution in [0.5, 0.6) is 5.75 Å². The molecule has 0 saturated carbocycles. The first-order valence-electron chi connectivity index (χ1n) is 8.66. The van der Waals surface area contributed by atoms with Crippen molar-refractivity contribution in [2.45, 2.75) is 17.9 Å². The van der Waals surface area contributed by atoms with E-state index in [1.54, 1.807) is 24.3 Å². The predicted octanol–water partition coefficient (Wildman–Crippen LogP) is 1.50. The molecule has 1 atom stereocenters. The fourth-order valence-corrected chi connectivity index (χ4v) is 3.26. The summed E-state index contributed by atoms with van der Waals surface area (Å²) in [6, 6.07) is 10.6. The Bertz CT molecular complexity index is 1020. The van der Waals surface area contributed by atoms with E-state index in [0.29, 0.717) is 11.4 Å². The summed E-state index contributed by atoms with van der Waals surface area (Å²) in [5.41, 5.74) is 0.383. The molecule has 10 nitrogen and oxygen atoms in total. The van der Waals surface area contributed by atoms with Crippen LogP contribution in [0.3, 0.4) is 0 Å². The minimum Gasteiger partial charge on any atom is -0.497 e. The lowest BCUT2D eigenvalue weighted by atomic mass is 10.2. The van der Waals surface area contributed by atoms with Gasteiger partial charge in [-0.05, 0) is 55.5 Å². The second-order valence-corrected chi connectivity index (χ2v) is 7.66. The normalized spacial score (nSPS) is 11.7. The van der Waals surface area contributed by atoms with Crippen LogP contribution in [0.4, 0.5) is 10.5 Å². The number of amides is 3. The Hall–Kier alpha value is -3.60. The summed E-state index contributed by atoms with van der Waals surface area (Å²) in [4.78, 5) is 34.9. The Morgan fingerprint density at radius 1 is 0.967 bits per heavy atom. The van der Waals surface area contributed by atoms with Gasteiger partial charge in [-0.2, -0.15) is 0 Å². The third kappa shape index (κ3) is 5.95. The molecule has 0 spiro atoms. The molecule has 2 aromatic carbocycles. The van der Waals surface area contributed by atoms with Crippen LogP contribution < -0.4 is 20.1 Å². The van der Waals surface area contributed by atoms with E-state index in [-0.39, 0.29) is 10.5 Å². The number of urea groups is 1. The molecule has 3 amide bonds. The summed E-state index contributed by atoms with van der Waals surface area (Å²) in [5, 5.41) is 4.18. The first kappa shape index (κ1) is 22.7. The molecule has 1 unspecified atom stereocenters. The van der Waals surface area contributed by atoms with Crippen molar-refractivity contribution >= 4 is 33.6 Å². The van der Waals surface area contributed by atoms with E-state index >= 15 is 0 Å². The molecule has 0 radical (unpaired) electrons. The lowest BCUT2D eigenvalue weighted by Gasteiger charge is -2.13. The number of carbonyl (C=O) groups is 3. The van der Waals surface area contributed by atoms with E-state index in [1.165, 1.54) is 45.3 Å². The molecular formula is C19H21N3O7S. The smallest absolute Gasteiger partial charge is 0.338 e. The highest BCUT2D eigenvalue weighted by atomic mass is 32.2. The third-order valence-electron chi connectivity index (χ3n) is 3.86. The molecule has 0 aliphatic heterocycles. The van der Waals surface area contributed by atoms with Gasteiger partial charge >= 0.3 is 12.0 Å². The van der Waals surface area contributed by atoms with Gasteiger partial charge < -0.3 is 14.8 Å². The molecule has 3 N–H and O–H groups in total. The van der Waals surface area contributed by atoms with E-state index in [4.69, 9.17) is 9.47 Å². The summed E-state index contributed by atoms with van der Waals surface area (Å²) in [6.45, 7) is 1.30. The zero-order chi connectivity index (χ0) is 22.3. The molecule has 0 aliphatic rings. The fraction of sp³-hybridized carbons (Fsp3) is 0.211. The van der Waals surface area contributed by atoms with E-state index in [2.05, 4.69) is 10.0 Å². The van der Waals surface area contributed by atoms with Crippen molar-refractivity contribution in [3.63, 3.8) is 0 Å². The molecule has 0 aromatic heterocycles. The Balaban J connectivity index is 2.04. The van der Waals surface area contributed by atoms with Crippen molar-refractivity contribution in [2.24, 2.45) is 0 Å². The standard InChI is InChI=1S/C19H21N3O7S/c1-12(17(23)21-19(25)20-2)29-18(24)13-4-10-16(11-5-13)30(26,27)22-14-6-8-15(28-3)9-7-14/h4-12,22H,1-3H3,(H2,20,21,23,25). The number of sulfonamides is 1. The number of hydrogen-bond donors (Lipinski definition) is 3. The lowest BCUT2D eigenvalue weighted by molar-refractivity contribution is -0.127. The number of carbonyl (C=O) groups excluding carboxylic acids is 3. The summed E-state index contributed by atoms with van der Waals surface area (Å²) in [7, 11) is -1.05. The van der Waals surface area contributed by atoms with E-state index < -0.39 is 34.0 Å². The average molecular weight is 435 g/mol. The van der Waals surface area contributed by atoms with Crippen molar-refractivity contribution in [1.82, 2.24) is 10.6 Å². The summed E-state index contributed by atoms with van der Waals surface area (Å²) < 4.78 is 37.4. The van der Waals surface area contributed by atoms with Crippen molar-refractivity contribution in [3.8, 4) is 5.75 Å². The molecule has 0 heterocycles. The van der Waals surface area contributed by atoms with Crippen LogP contribution in [0.15, 0.2) is 53.4 Å². The molecule has 0 bridgehead atoms. The highest BCUT2D eigenvalue weighted by Crippen LogP contribution is 2.20. The Morgan fingerprint density at radius 3 is 2.10 bits per heavy atom. The number of rotatable bonds is 7. The number of methoxy groups -OCH3 is 1. The van der Waals surface area contributed by atoms with Gasteiger partial charge in [0.2, 0.25) is 0 Å². The first-order chi connectivity index (χ1) is 14.2. The Morgan fingerprint density at radius 2 is 1.57 bits per heavy atom. The molecule has 0 fully saturated rings. The maximum atomic E-state index is 12.5. The largest absolute Gasteiger partial charge is 0.497 e. The summed E-state index contributed by atoms with van der Waals surface area (Å²) >= 11 is 0. The Labute approximate surface area is 173 Å². The van der Waals surface area contributed by atoms with Crippen LogP contribution in [0, 0.1) is 0 Å². The van der Waals surface area contributed by atoms with Crippen LogP contribution in [-0.2, 0) is 19.6 Å². The summed E-state index contributed by atoms with van der Waals surface area (Å²) in [5.74, 6) is -1.06. The van der Waals surface area contributed by atoms with E-state index in [9.17, 15) is 22.8 Å². The third-order valence-corrected chi connectivity index (χ3v) is 5.26. The number of anilines is 1. The second kappa shape index (κ2) is 9.74. The van der Waals surface area contributed by atoms with Gasteiger partial charge in [0.05, 0.1) is 17.6 Å². The fourth-order valence-electron chi connectivity index (χ4n) is 2.20. The van der Waals surface area contributed by atoms with Crippen molar-refractivity contribution < 1.29 is 32.3 Å². The lowest BCUT2D eigenvalue weighted by Crippen LogP contribution is -2.43. The van der Waals surface area contributed by atoms with Gasteiger partial charge in [-0.25, -0.2) is 18.0 Å². The molecular weight excluding hydrogens is 414 g/mol. The van der Waals surface area contributed by atoms with Crippen LogP contribution >= 0.6 is 0 Å². The molecule has 2 rings (SSSR count). The first-order valence-corrected chi connectivity index (χ1v) is 10.1. The zero-order valence-corrected chi connectivity index (χ0v) is 17.3. The van der Waals surface area contributed by atoms with Gasteiger partial charge in [-0.15, -0.1) is 0 Å². The van der Waals surface area contributed by atoms with Gasteiger partial charge in [0.15, 0.2) is 6.10 Å². The topological polar surface area (TPSA) is 140 Å². The van der Waals surface area contributed by atoms with Crippen LogP contribution in [0.2, 0.25) is 0 Å². The summed E-state index contributed by atoms with van der Waals surface area (Å²) in [6.07, 6.45) is -1.23. The quantitative estimate of drug-likeness (QED) is 0.560. The highest BCUT2D eigenvalue weighted by Gasteiger charge is 2.21.